The number of carboxylic acid groups (broad SMARTS) is 1. The van der Waals surface area contributed by atoms with E-state index in [1.807, 2.05) is 36.4 Å². The van der Waals surface area contributed by atoms with Crippen LogP contribution in [-0.2, 0) is 4.79 Å². The molecule has 0 atom stereocenters. The molecule has 186 valence electrons. The molecule has 1 aliphatic carbocycles. The van der Waals surface area contributed by atoms with Crippen molar-refractivity contribution in [2.45, 2.75) is 43.9 Å². The summed E-state index contributed by atoms with van der Waals surface area (Å²) < 4.78 is 38.9. The summed E-state index contributed by atoms with van der Waals surface area (Å²) in [7, 11) is 1.64. The number of halogens is 3. The number of para-hydroxylation sites is 2. The lowest BCUT2D eigenvalue weighted by Gasteiger charge is -2.28. The van der Waals surface area contributed by atoms with Crippen LogP contribution in [0, 0.1) is 11.3 Å². The third kappa shape index (κ3) is 6.33. The van der Waals surface area contributed by atoms with E-state index in [2.05, 4.69) is 21.8 Å². The van der Waals surface area contributed by atoms with Crippen LogP contribution in [0.4, 0.5) is 30.4 Å². The highest BCUT2D eigenvalue weighted by atomic mass is 19.4. The van der Waals surface area contributed by atoms with Crippen molar-refractivity contribution >= 4 is 28.7 Å². The Kier molecular flexibility index (Phi) is 8.03. The van der Waals surface area contributed by atoms with Crippen LogP contribution in [0.25, 0.3) is 5.52 Å². The predicted octanol–water partition coefficient (Wildman–Crippen LogP) is 4.27. The number of ether oxygens (including phenoxy) is 1. The molecular formula is C23H25F3N6O3. The normalized spacial score (nSPS) is 17.6. The van der Waals surface area contributed by atoms with Gasteiger partial charge in [-0.1, -0.05) is 12.1 Å². The molecule has 0 radical (unpaired) electrons. The Morgan fingerprint density at radius 3 is 2.49 bits per heavy atom. The summed E-state index contributed by atoms with van der Waals surface area (Å²) in [6, 6.07) is 14.5. The van der Waals surface area contributed by atoms with Crippen LogP contribution in [0.5, 0.6) is 5.75 Å². The van der Waals surface area contributed by atoms with E-state index in [-0.39, 0.29) is 6.04 Å². The van der Waals surface area contributed by atoms with E-state index >= 15 is 0 Å². The quantitative estimate of drug-likeness (QED) is 0.416. The van der Waals surface area contributed by atoms with Gasteiger partial charge in [-0.2, -0.15) is 23.5 Å². The van der Waals surface area contributed by atoms with Gasteiger partial charge in [0.15, 0.2) is 0 Å². The van der Waals surface area contributed by atoms with E-state index in [4.69, 9.17) is 20.4 Å². The largest absolute Gasteiger partial charge is 0.495 e. The molecule has 0 amide bonds. The van der Waals surface area contributed by atoms with Crippen LogP contribution < -0.4 is 21.1 Å². The molecule has 4 rings (SSSR count). The Labute approximate surface area is 199 Å². The number of carbonyl (C=O) groups is 1. The SMILES string of the molecule is COc1ccccc1Nc1cc(N[C@H]2CC[C@H](N)CC2)c(C#N)c2ccnn12.O=C(O)C(F)(F)F. The van der Waals surface area contributed by atoms with E-state index in [0.29, 0.717) is 11.6 Å². The number of aliphatic carboxylic acids is 1. The number of aromatic nitrogens is 2. The molecule has 2 heterocycles. The molecule has 1 fully saturated rings. The van der Waals surface area contributed by atoms with E-state index < -0.39 is 12.1 Å². The molecule has 35 heavy (non-hydrogen) atoms. The minimum atomic E-state index is -5.08. The van der Waals surface area contributed by atoms with Gasteiger partial charge in [0, 0.05) is 18.2 Å². The van der Waals surface area contributed by atoms with Crippen molar-refractivity contribution in [3.63, 3.8) is 0 Å². The lowest BCUT2D eigenvalue weighted by molar-refractivity contribution is -0.192. The molecule has 0 unspecified atom stereocenters. The fraction of sp³-hybridized carbons (Fsp3) is 0.348. The zero-order valence-electron chi connectivity index (χ0n) is 18.8. The minimum Gasteiger partial charge on any atom is -0.495 e. The Bertz CT molecular complexity index is 1210. The van der Waals surface area contributed by atoms with Crippen molar-refractivity contribution in [2.24, 2.45) is 5.73 Å². The van der Waals surface area contributed by atoms with Gasteiger partial charge in [-0.25, -0.2) is 9.31 Å². The maximum Gasteiger partial charge on any atom is 0.490 e. The fourth-order valence-electron chi connectivity index (χ4n) is 3.78. The van der Waals surface area contributed by atoms with Gasteiger partial charge in [-0.15, -0.1) is 0 Å². The summed E-state index contributed by atoms with van der Waals surface area (Å²) in [5.41, 5.74) is 9.04. The first-order valence-corrected chi connectivity index (χ1v) is 10.8. The standard InChI is InChI=1S/C21H24N6O.C2HF3O2/c1-28-20-5-3-2-4-17(20)26-21-12-18(25-15-8-6-14(23)7-9-15)16(13-22)19-10-11-24-27(19)21;3-2(4,5)1(6)7/h2-5,10-12,14-15,25-26H,6-9,23H2,1H3;(H,6,7)/t14-,15-;. The highest BCUT2D eigenvalue weighted by Crippen LogP contribution is 2.32. The van der Waals surface area contributed by atoms with Crippen LogP contribution in [0.3, 0.4) is 0 Å². The number of hydrogen-bond acceptors (Lipinski definition) is 7. The summed E-state index contributed by atoms with van der Waals surface area (Å²) in [6.07, 6.45) is 0.631. The molecule has 0 saturated heterocycles. The summed E-state index contributed by atoms with van der Waals surface area (Å²) >= 11 is 0. The van der Waals surface area contributed by atoms with Gasteiger partial charge in [0.1, 0.15) is 23.2 Å². The maximum absolute atomic E-state index is 10.6. The van der Waals surface area contributed by atoms with Crippen molar-refractivity contribution in [2.75, 3.05) is 17.7 Å². The number of fused-ring (bicyclic) bond motifs is 1. The van der Waals surface area contributed by atoms with Gasteiger partial charge < -0.3 is 26.2 Å². The van der Waals surface area contributed by atoms with Gasteiger partial charge in [0.05, 0.1) is 30.2 Å². The second-order valence-corrected chi connectivity index (χ2v) is 7.94. The monoisotopic (exact) mass is 490 g/mol. The van der Waals surface area contributed by atoms with Crippen LogP contribution in [0.2, 0.25) is 0 Å². The lowest BCUT2D eigenvalue weighted by atomic mass is 9.91. The predicted molar refractivity (Wildman–Crippen MR) is 124 cm³/mol. The molecule has 1 saturated carbocycles. The van der Waals surface area contributed by atoms with Gasteiger partial charge in [-0.05, 0) is 43.9 Å². The summed E-state index contributed by atoms with van der Waals surface area (Å²) in [4.78, 5) is 8.90. The van der Waals surface area contributed by atoms with E-state index in [1.54, 1.807) is 17.8 Å². The van der Waals surface area contributed by atoms with Crippen molar-refractivity contribution in [1.29, 1.82) is 5.26 Å². The first-order valence-electron chi connectivity index (χ1n) is 10.8. The average molecular weight is 490 g/mol. The Hall–Kier alpha value is -3.98. The van der Waals surface area contributed by atoms with Gasteiger partial charge in [0.2, 0.25) is 0 Å². The first-order chi connectivity index (χ1) is 16.6. The third-order valence-corrected chi connectivity index (χ3v) is 5.53. The third-order valence-electron chi connectivity index (χ3n) is 5.53. The fourth-order valence-corrected chi connectivity index (χ4v) is 3.78. The summed E-state index contributed by atoms with van der Waals surface area (Å²) in [6.45, 7) is 0. The van der Waals surface area contributed by atoms with E-state index in [1.165, 1.54) is 0 Å². The number of nitrogens with one attached hydrogen (secondary N) is 2. The number of alkyl halides is 3. The molecule has 0 spiro atoms. The molecule has 1 aliphatic rings. The van der Waals surface area contributed by atoms with E-state index in [0.717, 1.165) is 54.1 Å². The Morgan fingerprint density at radius 2 is 1.89 bits per heavy atom. The lowest BCUT2D eigenvalue weighted by Crippen LogP contribution is -2.33. The number of nitrogens with zero attached hydrogens (tertiary/aromatic N) is 3. The number of anilines is 3. The van der Waals surface area contributed by atoms with Crippen LogP contribution in [-0.4, -0.2) is 46.1 Å². The number of pyridine rings is 1. The van der Waals surface area contributed by atoms with Gasteiger partial charge in [0.25, 0.3) is 0 Å². The van der Waals surface area contributed by atoms with Gasteiger partial charge >= 0.3 is 12.1 Å². The number of carboxylic acids is 1. The van der Waals surface area contributed by atoms with Crippen molar-refractivity contribution in [3.8, 4) is 11.8 Å². The number of nitrogens with two attached hydrogens (primary N) is 1. The summed E-state index contributed by atoms with van der Waals surface area (Å²) in [5.74, 6) is -1.26. The highest BCUT2D eigenvalue weighted by molar-refractivity contribution is 5.79. The molecule has 1 aromatic carbocycles. The smallest absolute Gasteiger partial charge is 0.490 e. The van der Waals surface area contributed by atoms with Crippen LogP contribution >= 0.6 is 0 Å². The molecular weight excluding hydrogens is 465 g/mol. The summed E-state index contributed by atoms with van der Waals surface area (Å²) in [5, 5.41) is 28.3. The zero-order valence-corrected chi connectivity index (χ0v) is 18.8. The highest BCUT2D eigenvalue weighted by Gasteiger charge is 2.38. The second kappa shape index (κ2) is 11.0. The van der Waals surface area contributed by atoms with E-state index in [9.17, 15) is 18.4 Å². The minimum absolute atomic E-state index is 0.286. The number of methoxy groups -OCH3 is 1. The molecule has 0 aliphatic heterocycles. The van der Waals surface area contributed by atoms with Crippen molar-refractivity contribution in [3.05, 3.63) is 48.2 Å². The molecule has 9 nitrogen and oxygen atoms in total. The average Bonchev–Trinajstić information content (AvgIpc) is 3.31. The zero-order chi connectivity index (χ0) is 25.6. The first kappa shape index (κ1) is 25.6. The number of nitriles is 1. The van der Waals surface area contributed by atoms with Crippen molar-refractivity contribution in [1.82, 2.24) is 9.61 Å². The van der Waals surface area contributed by atoms with Gasteiger partial charge in [-0.3, -0.25) is 0 Å². The van der Waals surface area contributed by atoms with Crippen LogP contribution in [0.1, 0.15) is 31.2 Å². The maximum atomic E-state index is 10.6. The molecule has 2 aromatic heterocycles. The number of rotatable bonds is 5. The van der Waals surface area contributed by atoms with Crippen LogP contribution in [0.15, 0.2) is 42.6 Å². The molecule has 0 bridgehead atoms. The second-order valence-electron chi connectivity index (χ2n) is 7.94. The molecule has 3 aromatic rings. The molecule has 12 heteroatoms. The number of hydrogen-bond donors (Lipinski definition) is 4. The Balaban J connectivity index is 0.000000429. The van der Waals surface area contributed by atoms with Crippen molar-refractivity contribution < 1.29 is 27.8 Å². The number of benzene rings is 1. The molecule has 5 N–H and O–H groups in total. The Morgan fingerprint density at radius 1 is 1.23 bits per heavy atom. The topological polar surface area (TPSA) is 138 Å².